The van der Waals surface area contributed by atoms with Crippen molar-refractivity contribution in [2.24, 2.45) is 5.92 Å². The number of ether oxygens (including phenoxy) is 1. The molecule has 0 unspecified atom stereocenters. The van der Waals surface area contributed by atoms with Crippen molar-refractivity contribution in [2.75, 3.05) is 25.5 Å². The van der Waals surface area contributed by atoms with E-state index >= 15 is 0 Å². The Bertz CT molecular complexity index is 1050. The number of carbonyl (C=O) groups excluding carboxylic acids is 1. The van der Waals surface area contributed by atoms with Crippen molar-refractivity contribution in [1.29, 1.82) is 0 Å². The fourth-order valence-corrected chi connectivity index (χ4v) is 4.28. The maximum Gasteiger partial charge on any atom is 0.228 e. The van der Waals surface area contributed by atoms with Gasteiger partial charge in [-0.05, 0) is 61.2 Å². The van der Waals surface area contributed by atoms with E-state index in [4.69, 9.17) is 4.74 Å². The van der Waals surface area contributed by atoms with Gasteiger partial charge in [0.15, 0.2) is 0 Å². The second-order valence-electron chi connectivity index (χ2n) is 8.63. The summed E-state index contributed by atoms with van der Waals surface area (Å²) in [7, 11) is 1.67. The largest absolute Gasteiger partial charge is 0.497 e. The van der Waals surface area contributed by atoms with Crippen LogP contribution in [0.2, 0.25) is 0 Å². The zero-order chi connectivity index (χ0) is 23.0. The van der Waals surface area contributed by atoms with Crippen LogP contribution in [-0.4, -0.2) is 41.0 Å². The second kappa shape index (κ2) is 11.1. The van der Waals surface area contributed by atoms with E-state index in [0.717, 1.165) is 79.3 Å². The Morgan fingerprint density at radius 3 is 2.64 bits per heavy atom. The monoisotopic (exact) mass is 444 g/mol. The predicted octanol–water partition coefficient (Wildman–Crippen LogP) is 4.96. The minimum absolute atomic E-state index is 0.0166. The average molecular weight is 445 g/mol. The first-order valence-corrected chi connectivity index (χ1v) is 11.7. The van der Waals surface area contributed by atoms with Gasteiger partial charge in [-0.25, -0.2) is 9.97 Å². The molecule has 6 heteroatoms. The molecule has 1 saturated heterocycles. The van der Waals surface area contributed by atoms with Crippen molar-refractivity contribution in [2.45, 2.75) is 39.2 Å². The van der Waals surface area contributed by atoms with Crippen LogP contribution >= 0.6 is 0 Å². The number of hydrogen-bond acceptors (Lipinski definition) is 5. The highest BCUT2D eigenvalue weighted by Crippen LogP contribution is 2.26. The van der Waals surface area contributed by atoms with Crippen molar-refractivity contribution in [3.05, 3.63) is 72.3 Å². The van der Waals surface area contributed by atoms with Crippen molar-refractivity contribution in [3.63, 3.8) is 0 Å². The third-order valence-electron chi connectivity index (χ3n) is 6.07. The molecule has 0 radical (unpaired) electrons. The third-order valence-corrected chi connectivity index (χ3v) is 6.07. The van der Waals surface area contributed by atoms with E-state index in [1.807, 2.05) is 54.9 Å². The maximum absolute atomic E-state index is 12.9. The first kappa shape index (κ1) is 22.9. The van der Waals surface area contributed by atoms with Gasteiger partial charge < -0.3 is 10.1 Å². The lowest BCUT2D eigenvalue weighted by Gasteiger charge is -2.31. The molecule has 2 aromatic carbocycles. The van der Waals surface area contributed by atoms with Gasteiger partial charge in [0, 0.05) is 43.2 Å². The van der Waals surface area contributed by atoms with Crippen molar-refractivity contribution >= 4 is 11.6 Å². The number of aromatic nitrogens is 2. The summed E-state index contributed by atoms with van der Waals surface area (Å²) >= 11 is 0. The van der Waals surface area contributed by atoms with Crippen LogP contribution in [0, 0.1) is 5.92 Å². The molecule has 6 nitrogen and oxygen atoms in total. The second-order valence-corrected chi connectivity index (χ2v) is 8.63. The molecule has 1 fully saturated rings. The number of nitrogens with one attached hydrogen (secondary N) is 1. The Morgan fingerprint density at radius 1 is 1.12 bits per heavy atom. The number of likely N-dealkylation sites (tertiary alicyclic amines) is 1. The summed E-state index contributed by atoms with van der Waals surface area (Å²) in [5.74, 6) is 1.80. The molecule has 1 amide bonds. The molecule has 172 valence electrons. The van der Waals surface area contributed by atoms with Crippen molar-refractivity contribution in [3.8, 4) is 16.9 Å². The van der Waals surface area contributed by atoms with Crippen LogP contribution in [0.15, 0.2) is 60.9 Å². The number of rotatable bonds is 8. The molecule has 0 spiro atoms. The number of aryl methyl sites for hydroxylation is 1. The van der Waals surface area contributed by atoms with Crippen molar-refractivity contribution in [1.82, 2.24) is 14.9 Å². The van der Waals surface area contributed by atoms with Gasteiger partial charge in [0.05, 0.1) is 13.0 Å². The van der Waals surface area contributed by atoms with Gasteiger partial charge in [-0.15, -0.1) is 0 Å². The molecule has 1 aromatic heterocycles. The molecule has 1 aliphatic heterocycles. The highest BCUT2D eigenvalue weighted by Gasteiger charge is 2.26. The summed E-state index contributed by atoms with van der Waals surface area (Å²) in [5, 5.41) is 3.10. The highest BCUT2D eigenvalue weighted by atomic mass is 16.5. The zero-order valence-electron chi connectivity index (χ0n) is 19.5. The lowest BCUT2D eigenvalue weighted by atomic mass is 9.96. The van der Waals surface area contributed by atoms with Gasteiger partial charge >= 0.3 is 0 Å². The van der Waals surface area contributed by atoms with Gasteiger partial charge in [-0.1, -0.05) is 31.2 Å². The lowest BCUT2D eigenvalue weighted by Crippen LogP contribution is -2.40. The minimum atomic E-state index is -0.0166. The van der Waals surface area contributed by atoms with Gasteiger partial charge in [-0.2, -0.15) is 0 Å². The van der Waals surface area contributed by atoms with E-state index in [9.17, 15) is 4.79 Å². The minimum Gasteiger partial charge on any atom is -0.497 e. The standard InChI is InChI=1S/C27H32N4O2/c1-3-6-26-28-16-20(17-29-26)18-31-14-5-8-23(19-31)27(32)30-24-12-10-21(11-13-24)22-7-4-9-25(15-22)33-2/h4,7,9-13,15-17,23H,3,5-6,8,14,18-19H2,1-2H3,(H,30,32)/t23-/m0/s1. The van der Waals surface area contributed by atoms with Crippen LogP contribution in [-0.2, 0) is 17.8 Å². The number of anilines is 1. The Morgan fingerprint density at radius 2 is 1.91 bits per heavy atom. The van der Waals surface area contributed by atoms with Gasteiger partial charge in [0.1, 0.15) is 11.6 Å². The van der Waals surface area contributed by atoms with Crippen LogP contribution in [0.25, 0.3) is 11.1 Å². The fourth-order valence-electron chi connectivity index (χ4n) is 4.28. The molecule has 3 aromatic rings. The number of benzene rings is 2. The van der Waals surface area contributed by atoms with E-state index in [1.54, 1.807) is 7.11 Å². The summed E-state index contributed by atoms with van der Waals surface area (Å²) < 4.78 is 5.31. The van der Waals surface area contributed by atoms with Gasteiger partial charge in [-0.3, -0.25) is 9.69 Å². The number of piperidine rings is 1. The van der Waals surface area contributed by atoms with Crippen LogP contribution in [0.5, 0.6) is 5.75 Å². The van der Waals surface area contributed by atoms with Crippen LogP contribution < -0.4 is 10.1 Å². The fraction of sp³-hybridized carbons (Fsp3) is 0.370. The topological polar surface area (TPSA) is 67.4 Å². The molecule has 4 rings (SSSR count). The smallest absolute Gasteiger partial charge is 0.228 e. The molecule has 1 atom stereocenters. The molecule has 0 bridgehead atoms. The van der Waals surface area contributed by atoms with Crippen LogP contribution in [0.3, 0.4) is 0 Å². The molecule has 33 heavy (non-hydrogen) atoms. The summed E-state index contributed by atoms with van der Waals surface area (Å²) in [6, 6.07) is 15.9. The number of hydrogen-bond donors (Lipinski definition) is 1. The number of amides is 1. The molecule has 1 aliphatic rings. The zero-order valence-corrected chi connectivity index (χ0v) is 19.5. The van der Waals surface area contributed by atoms with E-state index in [1.165, 1.54) is 0 Å². The average Bonchev–Trinajstić information content (AvgIpc) is 2.86. The Balaban J connectivity index is 1.33. The van der Waals surface area contributed by atoms with E-state index in [2.05, 4.69) is 33.2 Å². The molecule has 1 N–H and O–H groups in total. The molecular formula is C27H32N4O2. The van der Waals surface area contributed by atoms with Crippen LogP contribution in [0.1, 0.15) is 37.6 Å². The maximum atomic E-state index is 12.9. The van der Waals surface area contributed by atoms with Crippen molar-refractivity contribution < 1.29 is 9.53 Å². The molecule has 0 aliphatic carbocycles. The van der Waals surface area contributed by atoms with E-state index in [0.29, 0.717) is 0 Å². The molecule has 0 saturated carbocycles. The predicted molar refractivity (Wildman–Crippen MR) is 131 cm³/mol. The first-order valence-electron chi connectivity index (χ1n) is 11.7. The Hall–Kier alpha value is -3.25. The Kier molecular flexibility index (Phi) is 7.68. The third kappa shape index (κ3) is 6.17. The number of carbonyl (C=O) groups is 1. The SMILES string of the molecule is CCCc1ncc(CN2CCC[C@H](C(=O)Nc3ccc(-c4cccc(OC)c4)cc3)C2)cn1. The van der Waals surface area contributed by atoms with E-state index < -0.39 is 0 Å². The number of nitrogens with zero attached hydrogens (tertiary/aromatic N) is 3. The Labute approximate surface area is 196 Å². The summed E-state index contributed by atoms with van der Waals surface area (Å²) in [6.07, 6.45) is 7.73. The normalized spacial score (nSPS) is 16.4. The summed E-state index contributed by atoms with van der Waals surface area (Å²) in [5.41, 5.74) is 4.09. The first-order chi connectivity index (χ1) is 16.1. The highest BCUT2D eigenvalue weighted by molar-refractivity contribution is 5.93. The van der Waals surface area contributed by atoms with Crippen LogP contribution in [0.4, 0.5) is 5.69 Å². The van der Waals surface area contributed by atoms with E-state index in [-0.39, 0.29) is 11.8 Å². The van der Waals surface area contributed by atoms with Gasteiger partial charge in [0.2, 0.25) is 5.91 Å². The summed E-state index contributed by atoms with van der Waals surface area (Å²) in [6.45, 7) is 4.66. The molecule has 2 heterocycles. The van der Waals surface area contributed by atoms with Gasteiger partial charge in [0.25, 0.3) is 0 Å². The summed E-state index contributed by atoms with van der Waals surface area (Å²) in [4.78, 5) is 24.2. The molecular weight excluding hydrogens is 412 g/mol. The lowest BCUT2D eigenvalue weighted by molar-refractivity contribution is -0.121. The quantitative estimate of drug-likeness (QED) is 0.532. The number of methoxy groups -OCH3 is 1.